The molecule has 102 valence electrons. The van der Waals surface area contributed by atoms with Crippen molar-refractivity contribution in [3.8, 4) is 17.6 Å². The minimum Gasteiger partial charge on any atom is -0.487 e. The first-order valence-corrected chi connectivity index (χ1v) is 6.34. The van der Waals surface area contributed by atoms with Crippen LogP contribution in [0.15, 0.2) is 42.5 Å². The topological polar surface area (TPSA) is 29.5 Å². The molecule has 0 unspecified atom stereocenters. The molecular weight excluding hydrogens is 279 g/mol. The lowest BCUT2D eigenvalue weighted by Gasteiger charge is -2.09. The second kappa shape index (κ2) is 6.95. The van der Waals surface area contributed by atoms with Gasteiger partial charge in [-0.3, -0.25) is 0 Å². The standard InChI is InChI=1S/C16H12ClFO2/c17-15-5-1-2-6-16(15)20-11-13-7-8-14(18)10-12(13)4-3-9-19/h1-2,5-8,10,19H,9,11H2. The highest BCUT2D eigenvalue weighted by Crippen LogP contribution is 2.24. The van der Waals surface area contributed by atoms with E-state index < -0.39 is 0 Å². The van der Waals surface area contributed by atoms with E-state index in [9.17, 15) is 4.39 Å². The normalized spacial score (nSPS) is 9.75. The Hall–Kier alpha value is -2.02. The van der Waals surface area contributed by atoms with Gasteiger partial charge in [-0.15, -0.1) is 0 Å². The van der Waals surface area contributed by atoms with Crippen LogP contribution < -0.4 is 4.74 Å². The molecule has 2 nitrogen and oxygen atoms in total. The van der Waals surface area contributed by atoms with Gasteiger partial charge in [0.25, 0.3) is 0 Å². The summed E-state index contributed by atoms with van der Waals surface area (Å²) in [7, 11) is 0. The summed E-state index contributed by atoms with van der Waals surface area (Å²) in [6.45, 7) is -0.0548. The zero-order chi connectivity index (χ0) is 14.4. The van der Waals surface area contributed by atoms with Crippen molar-refractivity contribution >= 4 is 11.6 Å². The van der Waals surface area contributed by atoms with Crippen molar-refractivity contribution in [2.24, 2.45) is 0 Å². The number of rotatable bonds is 3. The predicted molar refractivity (Wildman–Crippen MR) is 76.1 cm³/mol. The van der Waals surface area contributed by atoms with E-state index in [4.69, 9.17) is 21.4 Å². The second-order valence-electron chi connectivity index (χ2n) is 3.98. The first-order valence-electron chi connectivity index (χ1n) is 5.96. The Morgan fingerprint density at radius 1 is 1.20 bits per heavy atom. The van der Waals surface area contributed by atoms with Crippen molar-refractivity contribution in [1.29, 1.82) is 0 Å². The van der Waals surface area contributed by atoms with Crippen molar-refractivity contribution in [3.05, 3.63) is 64.4 Å². The summed E-state index contributed by atoms with van der Waals surface area (Å²) in [6, 6.07) is 11.4. The van der Waals surface area contributed by atoms with Crippen LogP contribution in [0.2, 0.25) is 5.02 Å². The summed E-state index contributed by atoms with van der Waals surface area (Å²) in [5.41, 5.74) is 1.22. The fourth-order valence-electron chi connectivity index (χ4n) is 1.64. The molecule has 2 aromatic rings. The molecule has 0 aliphatic carbocycles. The van der Waals surface area contributed by atoms with E-state index in [2.05, 4.69) is 11.8 Å². The first kappa shape index (κ1) is 14.4. The summed E-state index contributed by atoms with van der Waals surface area (Å²) >= 11 is 5.99. The molecular formula is C16H12ClFO2. The molecule has 0 aliphatic rings. The van der Waals surface area contributed by atoms with Crippen LogP contribution in [0.25, 0.3) is 0 Å². The van der Waals surface area contributed by atoms with E-state index in [1.165, 1.54) is 12.1 Å². The summed E-state index contributed by atoms with van der Waals surface area (Å²) < 4.78 is 18.8. The number of hydrogen-bond donors (Lipinski definition) is 1. The number of para-hydroxylation sites is 1. The van der Waals surface area contributed by atoms with E-state index >= 15 is 0 Å². The minimum atomic E-state index is -0.381. The molecule has 2 aromatic carbocycles. The van der Waals surface area contributed by atoms with Gasteiger partial charge >= 0.3 is 0 Å². The highest BCUT2D eigenvalue weighted by molar-refractivity contribution is 6.32. The number of aliphatic hydroxyl groups is 1. The number of benzene rings is 2. The van der Waals surface area contributed by atoms with Gasteiger partial charge in [-0.2, -0.15) is 0 Å². The smallest absolute Gasteiger partial charge is 0.138 e. The minimum absolute atomic E-state index is 0.222. The van der Waals surface area contributed by atoms with Gasteiger partial charge in [0.2, 0.25) is 0 Å². The summed E-state index contributed by atoms with van der Waals surface area (Å²) in [4.78, 5) is 0. The van der Waals surface area contributed by atoms with Crippen LogP contribution in [0.4, 0.5) is 4.39 Å². The molecule has 0 atom stereocenters. The van der Waals surface area contributed by atoms with Crippen molar-refractivity contribution in [2.45, 2.75) is 6.61 Å². The average Bonchev–Trinajstić information content (AvgIpc) is 2.45. The quantitative estimate of drug-likeness (QED) is 0.878. The third kappa shape index (κ3) is 3.74. The van der Waals surface area contributed by atoms with Crippen molar-refractivity contribution in [1.82, 2.24) is 0 Å². The number of halogens is 2. The van der Waals surface area contributed by atoms with Crippen LogP contribution in [-0.4, -0.2) is 11.7 Å². The van der Waals surface area contributed by atoms with Crippen molar-refractivity contribution in [2.75, 3.05) is 6.61 Å². The third-order valence-electron chi connectivity index (χ3n) is 2.59. The Bertz CT molecular complexity index is 659. The molecule has 20 heavy (non-hydrogen) atoms. The van der Waals surface area contributed by atoms with Crippen LogP contribution in [0, 0.1) is 17.7 Å². The maximum Gasteiger partial charge on any atom is 0.138 e. The molecule has 0 saturated heterocycles. The lowest BCUT2D eigenvalue weighted by molar-refractivity contribution is 0.306. The fourth-order valence-corrected chi connectivity index (χ4v) is 1.83. The zero-order valence-electron chi connectivity index (χ0n) is 10.6. The largest absolute Gasteiger partial charge is 0.487 e. The lowest BCUT2D eigenvalue weighted by atomic mass is 10.1. The van der Waals surface area contributed by atoms with Crippen LogP contribution in [-0.2, 0) is 6.61 Å². The summed E-state index contributed by atoms with van der Waals surface area (Å²) in [5, 5.41) is 9.23. The maximum absolute atomic E-state index is 13.2. The van der Waals surface area contributed by atoms with Crippen LogP contribution in [0.5, 0.6) is 5.75 Å². The SMILES string of the molecule is OCC#Cc1cc(F)ccc1COc1ccccc1Cl. The Balaban J connectivity index is 2.19. The van der Waals surface area contributed by atoms with Gasteiger partial charge in [-0.05, 0) is 24.3 Å². The number of ether oxygens (including phenoxy) is 1. The van der Waals surface area contributed by atoms with Gasteiger partial charge in [-0.1, -0.05) is 41.6 Å². The van der Waals surface area contributed by atoms with E-state index in [1.807, 2.05) is 12.1 Å². The van der Waals surface area contributed by atoms with Crippen LogP contribution in [0.1, 0.15) is 11.1 Å². The zero-order valence-corrected chi connectivity index (χ0v) is 11.3. The van der Waals surface area contributed by atoms with Gasteiger partial charge in [0, 0.05) is 11.1 Å². The molecule has 0 amide bonds. The molecule has 0 aliphatic heterocycles. The van der Waals surface area contributed by atoms with E-state index in [-0.39, 0.29) is 19.0 Å². The Morgan fingerprint density at radius 3 is 2.75 bits per heavy atom. The Kier molecular flexibility index (Phi) is 5.00. The molecule has 0 spiro atoms. The average molecular weight is 291 g/mol. The molecule has 4 heteroatoms. The van der Waals surface area contributed by atoms with Gasteiger partial charge in [0.15, 0.2) is 0 Å². The highest BCUT2D eigenvalue weighted by atomic mass is 35.5. The molecule has 0 aromatic heterocycles. The van der Waals surface area contributed by atoms with E-state index in [1.54, 1.807) is 18.2 Å². The molecule has 2 rings (SSSR count). The molecule has 0 bridgehead atoms. The van der Waals surface area contributed by atoms with Crippen molar-refractivity contribution in [3.63, 3.8) is 0 Å². The highest BCUT2D eigenvalue weighted by Gasteiger charge is 2.05. The third-order valence-corrected chi connectivity index (χ3v) is 2.91. The maximum atomic E-state index is 13.2. The summed E-state index contributed by atoms with van der Waals surface area (Å²) in [5.74, 6) is 5.38. The Labute approximate surface area is 121 Å². The first-order chi connectivity index (χ1) is 9.70. The van der Waals surface area contributed by atoms with Crippen LogP contribution >= 0.6 is 11.6 Å². The van der Waals surface area contributed by atoms with E-state index in [0.29, 0.717) is 16.3 Å². The van der Waals surface area contributed by atoms with Crippen LogP contribution in [0.3, 0.4) is 0 Å². The van der Waals surface area contributed by atoms with E-state index in [0.717, 1.165) is 5.56 Å². The second-order valence-corrected chi connectivity index (χ2v) is 4.39. The molecule has 0 heterocycles. The van der Waals surface area contributed by atoms with Gasteiger partial charge in [-0.25, -0.2) is 4.39 Å². The van der Waals surface area contributed by atoms with Gasteiger partial charge in [0.05, 0.1) is 5.02 Å². The number of aliphatic hydroxyl groups excluding tert-OH is 1. The lowest BCUT2D eigenvalue weighted by Crippen LogP contribution is -1.99. The number of hydrogen-bond acceptors (Lipinski definition) is 2. The monoisotopic (exact) mass is 290 g/mol. The Morgan fingerprint density at radius 2 is 2.00 bits per heavy atom. The predicted octanol–water partition coefficient (Wildman–Crippen LogP) is 3.40. The van der Waals surface area contributed by atoms with Gasteiger partial charge in [0.1, 0.15) is 24.8 Å². The molecule has 0 radical (unpaired) electrons. The molecule has 0 fully saturated rings. The van der Waals surface area contributed by atoms with Crippen molar-refractivity contribution < 1.29 is 14.2 Å². The molecule has 0 saturated carbocycles. The molecule has 1 N–H and O–H groups in total. The van der Waals surface area contributed by atoms with Gasteiger partial charge < -0.3 is 9.84 Å². The summed E-state index contributed by atoms with van der Waals surface area (Å²) in [6.07, 6.45) is 0. The fraction of sp³-hybridized carbons (Fsp3) is 0.125.